The summed E-state index contributed by atoms with van der Waals surface area (Å²) in [5, 5.41) is 13.7. The van der Waals surface area contributed by atoms with E-state index in [9.17, 15) is 4.79 Å². The fraction of sp³-hybridized carbons (Fsp3) is 0.0769. The van der Waals surface area contributed by atoms with E-state index in [-0.39, 0.29) is 5.69 Å². The second kappa shape index (κ2) is 4.83. The van der Waals surface area contributed by atoms with Crippen LogP contribution in [0, 0.1) is 0 Å². The second-order valence-corrected chi connectivity index (χ2v) is 4.91. The molecule has 3 aromatic heterocycles. The molecule has 0 bridgehead atoms. The number of rotatable bonds is 3. The molecular formula is C13H11N3O2S. The van der Waals surface area contributed by atoms with Crippen LogP contribution in [0.25, 0.3) is 11.0 Å². The van der Waals surface area contributed by atoms with Crippen molar-refractivity contribution in [1.82, 2.24) is 15.0 Å². The summed E-state index contributed by atoms with van der Waals surface area (Å²) in [5.74, 6) is -0.606. The minimum Gasteiger partial charge on any atom is -0.328 e. The molecule has 0 aliphatic rings. The van der Waals surface area contributed by atoms with E-state index in [2.05, 4.69) is 16.4 Å². The first-order valence-electron chi connectivity index (χ1n) is 5.69. The number of thiophene rings is 1. The lowest BCUT2D eigenvalue weighted by molar-refractivity contribution is 0.0701. The van der Waals surface area contributed by atoms with Crippen LogP contribution in [-0.2, 0) is 6.54 Å². The molecule has 0 aliphatic heterocycles. The Hall–Kier alpha value is -2.18. The van der Waals surface area contributed by atoms with Crippen molar-refractivity contribution in [2.24, 2.45) is 0 Å². The summed E-state index contributed by atoms with van der Waals surface area (Å²) in [7, 11) is 0. The highest BCUT2D eigenvalue weighted by atomic mass is 32.1. The fourth-order valence-electron chi connectivity index (χ4n) is 1.95. The third-order valence-electron chi connectivity index (χ3n) is 2.88. The monoisotopic (exact) mass is 273 g/mol. The Labute approximate surface area is 113 Å². The predicted molar refractivity (Wildman–Crippen MR) is 72.4 cm³/mol. The minimum absolute atomic E-state index is 0.195. The summed E-state index contributed by atoms with van der Waals surface area (Å²) in [5.41, 5.74) is 3.71. The van der Waals surface area contributed by atoms with Gasteiger partial charge in [0.25, 0.3) is 5.91 Å². The van der Waals surface area contributed by atoms with E-state index in [1.807, 2.05) is 28.3 Å². The van der Waals surface area contributed by atoms with Crippen molar-refractivity contribution in [2.45, 2.75) is 6.54 Å². The Morgan fingerprint density at radius 2 is 2.26 bits per heavy atom. The minimum atomic E-state index is -0.606. The summed E-state index contributed by atoms with van der Waals surface area (Å²) in [6.45, 7) is 0.712. The van der Waals surface area contributed by atoms with Gasteiger partial charge in [-0.25, -0.2) is 10.5 Å². The number of hydrogen-bond donors (Lipinski definition) is 2. The molecule has 1 amide bonds. The number of amides is 1. The zero-order chi connectivity index (χ0) is 13.2. The van der Waals surface area contributed by atoms with Crippen molar-refractivity contribution in [2.75, 3.05) is 0 Å². The molecule has 2 N–H and O–H groups in total. The second-order valence-electron chi connectivity index (χ2n) is 4.13. The normalized spacial score (nSPS) is 10.8. The maximum Gasteiger partial charge on any atom is 0.293 e. The number of nitrogens with one attached hydrogen (secondary N) is 1. The Morgan fingerprint density at radius 1 is 1.37 bits per heavy atom. The van der Waals surface area contributed by atoms with Gasteiger partial charge in [-0.15, -0.1) is 0 Å². The van der Waals surface area contributed by atoms with Gasteiger partial charge in [-0.1, -0.05) is 0 Å². The molecule has 0 atom stereocenters. The number of hydroxylamine groups is 1. The van der Waals surface area contributed by atoms with E-state index in [1.54, 1.807) is 22.9 Å². The SMILES string of the molecule is O=C(NO)c1ccc2ccn(Cc3ccsc3)c2n1. The lowest BCUT2D eigenvalue weighted by Crippen LogP contribution is -2.20. The zero-order valence-corrected chi connectivity index (χ0v) is 10.7. The van der Waals surface area contributed by atoms with Crippen molar-refractivity contribution < 1.29 is 10.0 Å². The van der Waals surface area contributed by atoms with Crippen molar-refractivity contribution in [1.29, 1.82) is 0 Å². The summed E-state index contributed by atoms with van der Waals surface area (Å²) >= 11 is 1.65. The molecule has 0 saturated heterocycles. The van der Waals surface area contributed by atoms with Crippen molar-refractivity contribution in [3.8, 4) is 0 Å². The van der Waals surface area contributed by atoms with Gasteiger partial charge in [0.1, 0.15) is 11.3 Å². The molecule has 3 rings (SSSR count). The fourth-order valence-corrected chi connectivity index (χ4v) is 2.61. The average Bonchev–Trinajstić information content (AvgIpc) is 3.08. The molecule has 0 aliphatic carbocycles. The van der Waals surface area contributed by atoms with Gasteiger partial charge < -0.3 is 4.57 Å². The van der Waals surface area contributed by atoms with Crippen LogP contribution in [0.15, 0.2) is 41.2 Å². The molecular weight excluding hydrogens is 262 g/mol. The third-order valence-corrected chi connectivity index (χ3v) is 3.61. The summed E-state index contributed by atoms with van der Waals surface area (Å²) < 4.78 is 1.98. The van der Waals surface area contributed by atoms with E-state index < -0.39 is 5.91 Å². The van der Waals surface area contributed by atoms with Gasteiger partial charge in [-0.3, -0.25) is 10.0 Å². The zero-order valence-electron chi connectivity index (χ0n) is 9.91. The van der Waals surface area contributed by atoms with Crippen LogP contribution in [-0.4, -0.2) is 20.7 Å². The molecule has 0 spiro atoms. The largest absolute Gasteiger partial charge is 0.328 e. The highest BCUT2D eigenvalue weighted by Gasteiger charge is 2.09. The van der Waals surface area contributed by atoms with Crippen LogP contribution in [0.1, 0.15) is 16.1 Å². The quantitative estimate of drug-likeness (QED) is 0.568. The van der Waals surface area contributed by atoms with Gasteiger partial charge in [0, 0.05) is 18.1 Å². The molecule has 0 saturated carbocycles. The number of carbonyl (C=O) groups is 1. The molecule has 0 radical (unpaired) electrons. The third kappa shape index (κ3) is 2.23. The van der Waals surface area contributed by atoms with Gasteiger partial charge in [-0.05, 0) is 40.6 Å². The van der Waals surface area contributed by atoms with Crippen molar-refractivity contribution in [3.63, 3.8) is 0 Å². The van der Waals surface area contributed by atoms with E-state index in [0.29, 0.717) is 6.54 Å². The highest BCUT2D eigenvalue weighted by Crippen LogP contribution is 2.17. The maximum absolute atomic E-state index is 11.4. The molecule has 0 unspecified atom stereocenters. The molecule has 3 aromatic rings. The molecule has 96 valence electrons. The van der Waals surface area contributed by atoms with Gasteiger partial charge in [0.15, 0.2) is 0 Å². The number of pyridine rings is 1. The first-order valence-corrected chi connectivity index (χ1v) is 6.63. The number of fused-ring (bicyclic) bond motifs is 1. The number of hydrogen-bond acceptors (Lipinski definition) is 4. The predicted octanol–water partition coefficient (Wildman–Crippen LogP) is 2.27. The van der Waals surface area contributed by atoms with Gasteiger partial charge in [0.05, 0.1) is 0 Å². The van der Waals surface area contributed by atoms with E-state index in [0.717, 1.165) is 11.0 Å². The Bertz CT molecular complexity index is 719. The Kier molecular flexibility index (Phi) is 3.02. The van der Waals surface area contributed by atoms with Gasteiger partial charge in [0.2, 0.25) is 0 Å². The number of carbonyl (C=O) groups excluding carboxylic acids is 1. The van der Waals surface area contributed by atoms with E-state index in [1.165, 1.54) is 5.56 Å². The van der Waals surface area contributed by atoms with E-state index >= 15 is 0 Å². The summed E-state index contributed by atoms with van der Waals surface area (Å²) in [4.78, 5) is 15.7. The summed E-state index contributed by atoms with van der Waals surface area (Å²) in [6, 6.07) is 7.41. The molecule has 3 heterocycles. The molecule has 6 heteroatoms. The van der Waals surface area contributed by atoms with Crippen LogP contribution < -0.4 is 5.48 Å². The van der Waals surface area contributed by atoms with Crippen molar-refractivity contribution in [3.05, 3.63) is 52.5 Å². The topological polar surface area (TPSA) is 67.2 Å². The first kappa shape index (κ1) is 11.9. The van der Waals surface area contributed by atoms with Crippen LogP contribution in [0.2, 0.25) is 0 Å². The molecule has 19 heavy (non-hydrogen) atoms. The Balaban J connectivity index is 2.03. The summed E-state index contributed by atoms with van der Waals surface area (Å²) in [6.07, 6.45) is 1.94. The number of nitrogens with zero attached hydrogens (tertiary/aromatic N) is 2. The number of aromatic nitrogens is 2. The van der Waals surface area contributed by atoms with Crippen LogP contribution >= 0.6 is 11.3 Å². The van der Waals surface area contributed by atoms with Crippen LogP contribution in [0.4, 0.5) is 0 Å². The van der Waals surface area contributed by atoms with Gasteiger partial charge in [-0.2, -0.15) is 11.3 Å². The highest BCUT2D eigenvalue weighted by molar-refractivity contribution is 7.07. The van der Waals surface area contributed by atoms with Crippen molar-refractivity contribution >= 4 is 28.3 Å². The lowest BCUT2D eigenvalue weighted by atomic mass is 10.3. The van der Waals surface area contributed by atoms with Crippen LogP contribution in [0.3, 0.4) is 0 Å². The lowest BCUT2D eigenvalue weighted by Gasteiger charge is -2.04. The Morgan fingerprint density at radius 3 is 3.00 bits per heavy atom. The maximum atomic E-state index is 11.4. The molecule has 0 aromatic carbocycles. The average molecular weight is 273 g/mol. The van der Waals surface area contributed by atoms with Crippen LogP contribution in [0.5, 0.6) is 0 Å². The van der Waals surface area contributed by atoms with E-state index in [4.69, 9.17) is 5.21 Å². The molecule has 0 fully saturated rings. The standard InChI is InChI=1S/C13H11N3O2S/c17-13(15-18)11-2-1-10-3-5-16(12(10)14-11)7-9-4-6-19-8-9/h1-6,8,18H,7H2,(H,15,17). The molecule has 5 nitrogen and oxygen atoms in total. The first-order chi connectivity index (χ1) is 9.28. The van der Waals surface area contributed by atoms with Gasteiger partial charge >= 0.3 is 0 Å². The smallest absolute Gasteiger partial charge is 0.293 e.